The van der Waals surface area contributed by atoms with Crippen molar-refractivity contribution in [3.05, 3.63) is 22.6 Å². The summed E-state index contributed by atoms with van der Waals surface area (Å²) in [6, 6.07) is -0.475. The van der Waals surface area contributed by atoms with Gasteiger partial charge >= 0.3 is 0 Å². The monoisotopic (exact) mass is 380 g/mol. The first-order valence-corrected chi connectivity index (χ1v) is 10.8. The summed E-state index contributed by atoms with van der Waals surface area (Å²) in [4.78, 5) is 14.4. The maximum Gasteiger partial charge on any atom is 0.220 e. The van der Waals surface area contributed by atoms with Gasteiger partial charge in [-0.05, 0) is 37.6 Å². The third-order valence-corrected chi connectivity index (χ3v) is 4.62. The molecule has 0 aliphatic heterocycles. The maximum absolute atomic E-state index is 11.7. The van der Waals surface area contributed by atoms with Crippen LogP contribution in [0.4, 0.5) is 0 Å². The van der Waals surface area contributed by atoms with Gasteiger partial charge in [0.15, 0.2) is 0 Å². The Morgan fingerprint density at radius 1 is 1.00 bits per heavy atom. The van der Waals surface area contributed by atoms with Crippen molar-refractivity contribution in [3.63, 3.8) is 0 Å². The van der Waals surface area contributed by atoms with Crippen LogP contribution in [0.15, 0.2) is 17.3 Å². The van der Waals surface area contributed by atoms with E-state index in [4.69, 9.17) is 10.6 Å². The predicted molar refractivity (Wildman–Crippen MR) is 112 cm³/mol. The first-order valence-electron chi connectivity index (χ1n) is 10.8. The Morgan fingerprint density at radius 3 is 2.11 bits per heavy atom. The van der Waals surface area contributed by atoms with Crippen LogP contribution in [0.25, 0.3) is 10.4 Å². The molecule has 6 heteroatoms. The molecular weight excluding hydrogens is 340 g/mol. The van der Waals surface area contributed by atoms with Crippen molar-refractivity contribution in [1.82, 2.24) is 5.32 Å². The zero-order valence-corrected chi connectivity index (χ0v) is 17.2. The number of allylic oxidation sites excluding steroid dienone is 2. The second-order valence-corrected chi connectivity index (χ2v) is 7.19. The molecule has 0 heterocycles. The lowest BCUT2D eigenvalue weighted by molar-refractivity contribution is -0.122. The van der Waals surface area contributed by atoms with E-state index in [9.17, 15) is 4.79 Å². The number of nitrogens with one attached hydrogen (secondary N) is 1. The van der Waals surface area contributed by atoms with Crippen LogP contribution < -0.4 is 5.32 Å². The molecule has 1 amide bonds. The molecule has 0 spiro atoms. The van der Waals surface area contributed by atoms with Crippen molar-refractivity contribution in [2.24, 2.45) is 5.11 Å². The molecule has 0 rings (SSSR count). The summed E-state index contributed by atoms with van der Waals surface area (Å²) in [6.45, 7) is 2.13. The topological polar surface area (TPSA) is 98.1 Å². The highest BCUT2D eigenvalue weighted by molar-refractivity contribution is 5.76. The second-order valence-electron chi connectivity index (χ2n) is 7.19. The van der Waals surface area contributed by atoms with E-state index in [2.05, 4.69) is 34.4 Å². The molecule has 0 saturated heterocycles. The van der Waals surface area contributed by atoms with E-state index in [0.29, 0.717) is 6.42 Å². The third-order valence-electron chi connectivity index (χ3n) is 4.62. The molecule has 0 aromatic carbocycles. The van der Waals surface area contributed by atoms with Gasteiger partial charge in [-0.25, -0.2) is 0 Å². The average Bonchev–Trinajstić information content (AvgIpc) is 2.68. The summed E-state index contributed by atoms with van der Waals surface area (Å²) in [5.74, 6) is -0.0835. The van der Waals surface area contributed by atoms with Crippen molar-refractivity contribution in [2.75, 3.05) is 13.2 Å². The van der Waals surface area contributed by atoms with Crippen LogP contribution in [0.3, 0.4) is 0 Å². The normalized spacial score (nSPS) is 12.1. The zero-order valence-electron chi connectivity index (χ0n) is 17.2. The molecule has 1 atom stereocenters. The standard InChI is InChI=1S/C21H40N4O2/c1-2-3-4-5-6-7-8-9-10-11-12-13-14-15-16-17-21(27)24-20(19-26)18-23-25-22/h9-10,20,26H,2-8,11-19H2,1H3,(H,24,27)/b10-9-/t20-/m0/s1. The fraction of sp³-hybridized carbons (Fsp3) is 0.857. The van der Waals surface area contributed by atoms with E-state index in [0.717, 1.165) is 25.7 Å². The number of unbranched alkanes of at least 4 members (excludes halogenated alkanes) is 11. The summed E-state index contributed by atoms with van der Waals surface area (Å²) in [6.07, 6.45) is 21.1. The molecule has 27 heavy (non-hydrogen) atoms. The Kier molecular flexibility index (Phi) is 19.6. The minimum Gasteiger partial charge on any atom is -0.394 e. The second kappa shape index (κ2) is 20.8. The maximum atomic E-state index is 11.7. The van der Waals surface area contributed by atoms with Gasteiger partial charge in [0.2, 0.25) is 5.91 Å². The number of aliphatic hydroxyl groups is 1. The van der Waals surface area contributed by atoms with Crippen molar-refractivity contribution in [1.29, 1.82) is 0 Å². The smallest absolute Gasteiger partial charge is 0.220 e. The number of carbonyl (C=O) groups excluding carboxylic acids is 1. The van der Waals surface area contributed by atoms with Crippen LogP contribution in [0.1, 0.15) is 96.8 Å². The highest BCUT2D eigenvalue weighted by Gasteiger charge is 2.09. The molecule has 0 aromatic heterocycles. The van der Waals surface area contributed by atoms with Crippen LogP contribution in [0, 0.1) is 0 Å². The van der Waals surface area contributed by atoms with E-state index in [1.807, 2.05) is 0 Å². The van der Waals surface area contributed by atoms with Crippen LogP contribution >= 0.6 is 0 Å². The highest BCUT2D eigenvalue weighted by Crippen LogP contribution is 2.10. The van der Waals surface area contributed by atoms with Crippen molar-refractivity contribution >= 4 is 5.91 Å². The van der Waals surface area contributed by atoms with Gasteiger partial charge < -0.3 is 10.4 Å². The lowest BCUT2D eigenvalue weighted by atomic mass is 10.1. The van der Waals surface area contributed by atoms with Gasteiger partial charge in [-0.2, -0.15) is 0 Å². The van der Waals surface area contributed by atoms with Gasteiger partial charge in [-0.3, -0.25) is 4.79 Å². The van der Waals surface area contributed by atoms with Crippen molar-refractivity contribution in [2.45, 2.75) is 103 Å². The van der Waals surface area contributed by atoms with Crippen LogP contribution in [0.2, 0.25) is 0 Å². The van der Waals surface area contributed by atoms with Gasteiger partial charge in [0.1, 0.15) is 0 Å². The Bertz CT molecular complexity index is 420. The molecule has 0 aliphatic rings. The van der Waals surface area contributed by atoms with Gasteiger partial charge in [0, 0.05) is 17.9 Å². The van der Waals surface area contributed by atoms with Gasteiger partial charge in [0.05, 0.1) is 12.6 Å². The number of amides is 1. The fourth-order valence-electron chi connectivity index (χ4n) is 2.94. The van der Waals surface area contributed by atoms with E-state index >= 15 is 0 Å². The van der Waals surface area contributed by atoms with E-state index < -0.39 is 6.04 Å². The van der Waals surface area contributed by atoms with Crippen molar-refractivity contribution < 1.29 is 9.90 Å². The van der Waals surface area contributed by atoms with Gasteiger partial charge in [-0.15, -0.1) is 0 Å². The first-order chi connectivity index (χ1) is 13.2. The average molecular weight is 381 g/mol. The number of azide groups is 1. The van der Waals surface area contributed by atoms with Crippen LogP contribution in [0.5, 0.6) is 0 Å². The Balaban J connectivity index is 3.40. The molecule has 0 aliphatic carbocycles. The van der Waals surface area contributed by atoms with Gasteiger partial charge in [-0.1, -0.05) is 75.6 Å². The molecule has 0 unspecified atom stereocenters. The number of hydrogen-bond donors (Lipinski definition) is 2. The Morgan fingerprint density at radius 2 is 1.56 bits per heavy atom. The number of hydrogen-bond acceptors (Lipinski definition) is 3. The summed E-state index contributed by atoms with van der Waals surface area (Å²) < 4.78 is 0. The summed E-state index contributed by atoms with van der Waals surface area (Å²) in [7, 11) is 0. The van der Waals surface area contributed by atoms with Crippen molar-refractivity contribution in [3.8, 4) is 0 Å². The molecule has 0 radical (unpaired) electrons. The molecule has 0 saturated carbocycles. The molecule has 0 bridgehead atoms. The minimum atomic E-state index is -0.475. The summed E-state index contributed by atoms with van der Waals surface area (Å²) in [5.41, 5.74) is 8.26. The van der Waals surface area contributed by atoms with Gasteiger partial charge in [0.25, 0.3) is 0 Å². The summed E-state index contributed by atoms with van der Waals surface area (Å²) in [5, 5.41) is 15.2. The lowest BCUT2D eigenvalue weighted by Crippen LogP contribution is -2.39. The quantitative estimate of drug-likeness (QED) is 0.0971. The molecule has 6 nitrogen and oxygen atoms in total. The van der Waals surface area contributed by atoms with Crippen LogP contribution in [-0.2, 0) is 4.79 Å². The largest absolute Gasteiger partial charge is 0.394 e. The van der Waals surface area contributed by atoms with Crippen LogP contribution in [-0.4, -0.2) is 30.2 Å². The fourth-order valence-corrected chi connectivity index (χ4v) is 2.94. The lowest BCUT2D eigenvalue weighted by Gasteiger charge is -2.13. The predicted octanol–water partition coefficient (Wildman–Crippen LogP) is 5.81. The molecule has 2 N–H and O–H groups in total. The van der Waals surface area contributed by atoms with E-state index in [1.165, 1.54) is 57.8 Å². The number of rotatable bonds is 19. The summed E-state index contributed by atoms with van der Waals surface area (Å²) >= 11 is 0. The molecule has 156 valence electrons. The first kappa shape index (κ1) is 25.5. The number of aliphatic hydroxyl groups excluding tert-OH is 1. The zero-order chi connectivity index (χ0) is 20.0. The van der Waals surface area contributed by atoms with E-state index in [-0.39, 0.29) is 19.1 Å². The highest BCUT2D eigenvalue weighted by atomic mass is 16.3. The third kappa shape index (κ3) is 19.1. The Labute approximate surface area is 165 Å². The molecule has 0 fully saturated rings. The minimum absolute atomic E-state index is 0.0835. The number of carbonyl (C=O) groups is 1. The molecular formula is C21H40N4O2. The van der Waals surface area contributed by atoms with E-state index in [1.54, 1.807) is 0 Å². The number of nitrogens with zero attached hydrogens (tertiary/aromatic N) is 3. The SMILES string of the molecule is CCCCCCCC/C=C\CCCCCCCC(=O)N[C@H](CO)CN=[N+]=[N-]. The molecule has 0 aromatic rings. The Hall–Kier alpha value is -1.52.